The summed E-state index contributed by atoms with van der Waals surface area (Å²) in [4.78, 5) is 13.5. The van der Waals surface area contributed by atoms with Gasteiger partial charge in [0.25, 0.3) is 5.97 Å². The average molecular weight is 533 g/mol. The highest BCUT2D eigenvalue weighted by Crippen LogP contribution is 2.73. The minimum Gasteiger partial charge on any atom is -0.393 e. The Kier molecular flexibility index (Phi) is 6.18. The lowest BCUT2D eigenvalue weighted by atomic mass is 9.54. The summed E-state index contributed by atoms with van der Waals surface area (Å²) in [6.07, 6.45) is 7.99. The fourth-order valence-electron chi connectivity index (χ4n) is 8.83. The van der Waals surface area contributed by atoms with Crippen LogP contribution >= 0.6 is 0 Å². The van der Waals surface area contributed by atoms with Crippen molar-refractivity contribution in [2.24, 2.45) is 17.8 Å². The van der Waals surface area contributed by atoms with Gasteiger partial charge in [-0.1, -0.05) is 65.0 Å². The van der Waals surface area contributed by atoms with Crippen LogP contribution in [-0.4, -0.2) is 74.4 Å². The highest BCUT2D eigenvalue weighted by molar-refractivity contribution is 6.05. The van der Waals surface area contributed by atoms with E-state index >= 15 is 0 Å². The number of ketones is 1. The fourth-order valence-corrected chi connectivity index (χ4v) is 8.83. The molecule has 3 bridgehead atoms. The van der Waals surface area contributed by atoms with Gasteiger partial charge in [0.05, 0.1) is 12.2 Å². The molecular formula is C30H44O8. The van der Waals surface area contributed by atoms with Crippen LogP contribution in [-0.2, 0) is 23.7 Å². The van der Waals surface area contributed by atoms with Crippen molar-refractivity contribution < 1.29 is 39.1 Å². The van der Waals surface area contributed by atoms with E-state index in [4.69, 9.17) is 18.9 Å². The van der Waals surface area contributed by atoms with Crippen LogP contribution in [0.4, 0.5) is 0 Å². The zero-order chi connectivity index (χ0) is 27.3. The molecule has 3 saturated heterocycles. The highest BCUT2D eigenvalue weighted by Gasteiger charge is 2.88. The van der Waals surface area contributed by atoms with Gasteiger partial charge in [0.15, 0.2) is 11.4 Å². The molecule has 3 heterocycles. The van der Waals surface area contributed by atoms with Crippen molar-refractivity contribution in [1.29, 1.82) is 0 Å². The third kappa shape index (κ3) is 3.14. The molecule has 38 heavy (non-hydrogen) atoms. The van der Waals surface area contributed by atoms with Crippen molar-refractivity contribution in [1.82, 2.24) is 0 Å². The van der Waals surface area contributed by atoms with E-state index in [0.29, 0.717) is 18.4 Å². The summed E-state index contributed by atoms with van der Waals surface area (Å²) < 4.78 is 26.7. The summed E-state index contributed by atoms with van der Waals surface area (Å²) in [5, 5.41) is 34.1. The van der Waals surface area contributed by atoms with Crippen LogP contribution in [0.15, 0.2) is 23.8 Å². The van der Waals surface area contributed by atoms with E-state index in [-0.39, 0.29) is 5.92 Å². The van der Waals surface area contributed by atoms with Gasteiger partial charge in [0.1, 0.15) is 29.5 Å². The minimum atomic E-state index is -2.18. The lowest BCUT2D eigenvalue weighted by molar-refractivity contribution is -0.430. The molecule has 0 aromatic heterocycles. The van der Waals surface area contributed by atoms with Crippen LogP contribution in [0.25, 0.3) is 0 Å². The Morgan fingerprint density at radius 3 is 2.45 bits per heavy atom. The molecule has 6 unspecified atom stereocenters. The molecule has 6 aliphatic rings. The summed E-state index contributed by atoms with van der Waals surface area (Å²) in [6, 6.07) is 0. The smallest absolute Gasteiger partial charge is 0.284 e. The molecule has 0 amide bonds. The monoisotopic (exact) mass is 532 g/mol. The first-order valence-corrected chi connectivity index (χ1v) is 14.7. The van der Waals surface area contributed by atoms with Gasteiger partial charge in [-0.2, -0.15) is 0 Å². The Morgan fingerprint density at radius 1 is 1.11 bits per heavy atom. The lowest BCUT2D eigenvalue weighted by Crippen LogP contribution is -2.72. The predicted octanol–water partition coefficient (Wildman–Crippen LogP) is 3.32. The minimum absolute atomic E-state index is 0.183. The first-order chi connectivity index (χ1) is 18.0. The topological polar surface area (TPSA) is 118 Å². The predicted molar refractivity (Wildman–Crippen MR) is 138 cm³/mol. The summed E-state index contributed by atoms with van der Waals surface area (Å²) in [5.41, 5.74) is -4.36. The molecule has 3 aliphatic carbocycles. The first kappa shape index (κ1) is 27.1. The van der Waals surface area contributed by atoms with E-state index < -0.39 is 70.9 Å². The molecule has 212 valence electrons. The zero-order valence-corrected chi connectivity index (χ0v) is 23.2. The van der Waals surface area contributed by atoms with Crippen molar-refractivity contribution >= 4 is 5.78 Å². The van der Waals surface area contributed by atoms with Crippen LogP contribution in [0, 0.1) is 17.8 Å². The molecular weight excluding hydrogens is 488 g/mol. The Bertz CT molecular complexity index is 1060. The second-order valence-corrected chi connectivity index (χ2v) is 13.0. The van der Waals surface area contributed by atoms with Gasteiger partial charge < -0.3 is 34.3 Å². The van der Waals surface area contributed by atoms with E-state index in [1.54, 1.807) is 13.0 Å². The van der Waals surface area contributed by atoms with Crippen LogP contribution in [0.5, 0.6) is 0 Å². The van der Waals surface area contributed by atoms with Gasteiger partial charge in [-0.3, -0.25) is 4.79 Å². The number of aliphatic hydroxyl groups excluding tert-OH is 2. The largest absolute Gasteiger partial charge is 0.393 e. The van der Waals surface area contributed by atoms with Gasteiger partial charge >= 0.3 is 0 Å². The van der Waals surface area contributed by atoms with Gasteiger partial charge in [-0.25, -0.2) is 0 Å². The van der Waals surface area contributed by atoms with E-state index in [1.165, 1.54) is 25.7 Å². The van der Waals surface area contributed by atoms with Crippen molar-refractivity contribution in [2.75, 3.05) is 6.61 Å². The number of ether oxygens (including phenoxy) is 4. The molecule has 11 atom stereocenters. The third-order valence-corrected chi connectivity index (χ3v) is 10.8. The Morgan fingerprint density at radius 2 is 1.79 bits per heavy atom. The van der Waals surface area contributed by atoms with E-state index in [0.717, 1.165) is 24.8 Å². The number of unbranched alkanes of at least 4 members (excludes halogenated alkanes) is 6. The number of carbonyl (C=O) groups is 1. The summed E-state index contributed by atoms with van der Waals surface area (Å²) >= 11 is 0. The standard InChI is InChI=1S/C30H44O8/c1-6-7-8-9-10-11-12-13-28-36-23-21-24-27(16-31,35-24)25(33)29(34)20(14-18(4)22(29)32)30(21,38-28)19(5)15-26(23,37-28)17(2)3/h14,19-21,23-25,31,33-34H,2,6-13,15-16H2,1,3-5H3/t19-,20-,21?,23?,24+,25?,26-,27?,28?,29?,30+/m1/s1. The third-order valence-electron chi connectivity index (χ3n) is 10.8. The van der Waals surface area contributed by atoms with Crippen molar-refractivity contribution in [2.45, 2.75) is 132 Å². The second-order valence-electron chi connectivity index (χ2n) is 13.0. The Labute approximate surface area is 225 Å². The van der Waals surface area contributed by atoms with Crippen LogP contribution < -0.4 is 0 Å². The van der Waals surface area contributed by atoms with Gasteiger partial charge in [-0.15, -0.1) is 0 Å². The molecule has 5 fully saturated rings. The highest BCUT2D eigenvalue weighted by atomic mass is 16.9. The second kappa shape index (κ2) is 8.68. The Balaban J connectivity index is 1.41. The van der Waals surface area contributed by atoms with Crippen molar-refractivity contribution in [3.05, 3.63) is 23.8 Å². The van der Waals surface area contributed by atoms with E-state index in [2.05, 4.69) is 20.4 Å². The number of epoxide rings is 1. The van der Waals surface area contributed by atoms with Crippen LogP contribution in [0.1, 0.15) is 85.5 Å². The number of aliphatic hydroxyl groups is 3. The molecule has 3 aliphatic heterocycles. The molecule has 3 N–H and O–H groups in total. The zero-order valence-electron chi connectivity index (χ0n) is 23.2. The SMILES string of the molecule is C=C(C)[C@]12C[C@@H](C)[C@@]34OC(CCCCCCCCC)(OC1C3[C@@H]1OC1(CO)C(O)C1(O)C(=O)C(C)=C[C@H]14)O2. The van der Waals surface area contributed by atoms with Crippen LogP contribution in [0.3, 0.4) is 0 Å². The van der Waals surface area contributed by atoms with Gasteiger partial charge in [-0.05, 0) is 43.8 Å². The summed E-state index contributed by atoms with van der Waals surface area (Å²) in [6.45, 7) is 11.7. The summed E-state index contributed by atoms with van der Waals surface area (Å²) in [5.74, 6) is -3.38. The number of hydrogen-bond donors (Lipinski definition) is 3. The molecule has 8 heteroatoms. The normalized spacial score (nSPS) is 51.8. The molecule has 0 aromatic rings. The Hall–Kier alpha value is -1.13. The number of Topliss-reactive ketones (excluding diaryl/α,β-unsaturated/α-hetero) is 1. The van der Waals surface area contributed by atoms with Gasteiger partial charge in [0, 0.05) is 18.3 Å². The first-order valence-electron chi connectivity index (χ1n) is 14.7. The lowest BCUT2D eigenvalue weighted by Gasteiger charge is -2.59. The number of rotatable bonds is 10. The average Bonchev–Trinajstić information content (AvgIpc) is 3.52. The molecule has 0 spiro atoms. The van der Waals surface area contributed by atoms with Crippen molar-refractivity contribution in [3.8, 4) is 0 Å². The maximum absolute atomic E-state index is 13.5. The van der Waals surface area contributed by atoms with E-state index in [1.807, 2.05) is 6.92 Å². The number of carbonyl (C=O) groups excluding carboxylic acids is 1. The van der Waals surface area contributed by atoms with Crippen molar-refractivity contribution in [3.63, 3.8) is 0 Å². The maximum Gasteiger partial charge on any atom is 0.284 e. The summed E-state index contributed by atoms with van der Waals surface area (Å²) in [7, 11) is 0. The van der Waals surface area contributed by atoms with Crippen LogP contribution in [0.2, 0.25) is 0 Å². The maximum atomic E-state index is 13.5. The molecule has 2 saturated carbocycles. The number of hydrogen-bond acceptors (Lipinski definition) is 8. The quantitative estimate of drug-likeness (QED) is 0.223. The molecule has 8 nitrogen and oxygen atoms in total. The van der Waals surface area contributed by atoms with E-state index in [9.17, 15) is 20.1 Å². The fraction of sp³-hybridized carbons (Fsp3) is 0.833. The molecule has 0 radical (unpaired) electrons. The number of fused-ring (bicyclic) bond motifs is 3. The van der Waals surface area contributed by atoms with Gasteiger partial charge in [0.2, 0.25) is 0 Å². The molecule has 6 rings (SSSR count). The molecule has 0 aromatic carbocycles.